The second kappa shape index (κ2) is 6.02. The monoisotopic (exact) mass is 294 g/mol. The number of carbonyl (C=O) groups is 2. The number of aryl methyl sites for hydroxylation is 1. The van der Waals surface area contributed by atoms with E-state index in [9.17, 15) is 9.59 Å². The standard InChI is InChI=1S/C18H18N2O2/c1-14-7-9-16(10-8-14)20-17(21)11-12-19(18(20)22)13-15-5-3-2-4-6-15/h2-10H,11-13H2,1H3. The molecule has 1 heterocycles. The summed E-state index contributed by atoms with van der Waals surface area (Å²) >= 11 is 0. The molecule has 112 valence electrons. The van der Waals surface area contributed by atoms with Gasteiger partial charge in [0.2, 0.25) is 5.91 Å². The summed E-state index contributed by atoms with van der Waals surface area (Å²) < 4.78 is 0. The molecule has 3 rings (SSSR count). The van der Waals surface area contributed by atoms with E-state index in [0.29, 0.717) is 25.2 Å². The topological polar surface area (TPSA) is 40.6 Å². The maximum Gasteiger partial charge on any atom is 0.331 e. The van der Waals surface area contributed by atoms with Gasteiger partial charge in [-0.2, -0.15) is 0 Å². The zero-order chi connectivity index (χ0) is 15.5. The maximum absolute atomic E-state index is 12.7. The normalized spacial score (nSPS) is 15.3. The lowest BCUT2D eigenvalue weighted by Crippen LogP contribution is -2.52. The third-order valence-electron chi connectivity index (χ3n) is 3.82. The first-order chi connectivity index (χ1) is 10.6. The Hall–Kier alpha value is -2.62. The van der Waals surface area contributed by atoms with E-state index in [4.69, 9.17) is 0 Å². The molecule has 4 heteroatoms. The molecule has 3 amide bonds. The minimum Gasteiger partial charge on any atom is -0.319 e. The maximum atomic E-state index is 12.7. The molecule has 0 unspecified atom stereocenters. The number of imide groups is 1. The largest absolute Gasteiger partial charge is 0.331 e. The number of hydrogen-bond acceptors (Lipinski definition) is 2. The molecule has 2 aromatic carbocycles. The number of urea groups is 1. The van der Waals surface area contributed by atoms with E-state index in [1.54, 1.807) is 4.90 Å². The lowest BCUT2D eigenvalue weighted by Gasteiger charge is -2.34. The van der Waals surface area contributed by atoms with Crippen LogP contribution in [0.3, 0.4) is 0 Å². The van der Waals surface area contributed by atoms with Crippen LogP contribution in [0.1, 0.15) is 17.5 Å². The van der Waals surface area contributed by atoms with Crippen molar-refractivity contribution in [1.82, 2.24) is 4.90 Å². The predicted molar refractivity (Wildman–Crippen MR) is 85.5 cm³/mol. The highest BCUT2D eigenvalue weighted by molar-refractivity contribution is 6.15. The van der Waals surface area contributed by atoms with Crippen LogP contribution >= 0.6 is 0 Å². The molecule has 22 heavy (non-hydrogen) atoms. The second-order valence-electron chi connectivity index (χ2n) is 5.50. The summed E-state index contributed by atoms with van der Waals surface area (Å²) in [6, 6.07) is 17.0. The summed E-state index contributed by atoms with van der Waals surface area (Å²) in [5.74, 6) is -0.141. The van der Waals surface area contributed by atoms with Gasteiger partial charge in [0.15, 0.2) is 0 Å². The number of carbonyl (C=O) groups excluding carboxylic acids is 2. The van der Waals surface area contributed by atoms with Crippen molar-refractivity contribution in [1.29, 1.82) is 0 Å². The molecule has 4 nitrogen and oxygen atoms in total. The molecule has 0 N–H and O–H groups in total. The van der Waals surface area contributed by atoms with Gasteiger partial charge < -0.3 is 4.90 Å². The Bertz CT molecular complexity index is 680. The van der Waals surface area contributed by atoms with Crippen LogP contribution in [-0.2, 0) is 11.3 Å². The SMILES string of the molecule is Cc1ccc(N2C(=O)CCN(Cc3ccccc3)C2=O)cc1. The number of rotatable bonds is 3. The van der Waals surface area contributed by atoms with Gasteiger partial charge >= 0.3 is 6.03 Å². The zero-order valence-corrected chi connectivity index (χ0v) is 12.5. The molecule has 1 saturated heterocycles. The molecule has 0 aromatic heterocycles. The van der Waals surface area contributed by atoms with Crippen LogP contribution in [0.5, 0.6) is 0 Å². The Morgan fingerprint density at radius 3 is 2.32 bits per heavy atom. The molecular formula is C18H18N2O2. The number of hydrogen-bond donors (Lipinski definition) is 0. The highest BCUT2D eigenvalue weighted by Gasteiger charge is 2.32. The quantitative estimate of drug-likeness (QED) is 0.871. The Kier molecular flexibility index (Phi) is 3.92. The van der Waals surface area contributed by atoms with E-state index in [1.807, 2.05) is 61.5 Å². The average molecular weight is 294 g/mol. The summed E-state index contributed by atoms with van der Waals surface area (Å²) in [4.78, 5) is 27.8. The van der Waals surface area contributed by atoms with Crippen LogP contribution in [0.25, 0.3) is 0 Å². The first-order valence-electron chi connectivity index (χ1n) is 7.37. The molecule has 0 bridgehead atoms. The Morgan fingerprint density at radius 2 is 1.64 bits per heavy atom. The van der Waals surface area contributed by atoms with Gasteiger partial charge in [0, 0.05) is 19.5 Å². The lowest BCUT2D eigenvalue weighted by atomic mass is 10.1. The fourth-order valence-corrected chi connectivity index (χ4v) is 2.58. The van der Waals surface area contributed by atoms with Gasteiger partial charge in [-0.3, -0.25) is 4.79 Å². The van der Waals surface area contributed by atoms with E-state index >= 15 is 0 Å². The highest BCUT2D eigenvalue weighted by atomic mass is 16.2. The number of nitrogens with zero attached hydrogens (tertiary/aromatic N) is 2. The van der Waals surface area contributed by atoms with Crippen molar-refractivity contribution in [2.75, 3.05) is 11.4 Å². The molecule has 0 aliphatic carbocycles. The van der Waals surface area contributed by atoms with Crippen molar-refractivity contribution >= 4 is 17.6 Å². The van der Waals surface area contributed by atoms with Gasteiger partial charge in [0.25, 0.3) is 0 Å². The first kappa shape index (κ1) is 14.3. The van der Waals surface area contributed by atoms with Crippen molar-refractivity contribution in [2.45, 2.75) is 19.9 Å². The Morgan fingerprint density at radius 1 is 0.955 bits per heavy atom. The van der Waals surface area contributed by atoms with Gasteiger partial charge in [0.05, 0.1) is 5.69 Å². The van der Waals surface area contributed by atoms with E-state index in [2.05, 4.69) is 0 Å². The van der Waals surface area contributed by atoms with Crippen LogP contribution in [0.2, 0.25) is 0 Å². The van der Waals surface area contributed by atoms with Crippen molar-refractivity contribution in [3.63, 3.8) is 0 Å². The van der Waals surface area contributed by atoms with Gasteiger partial charge in [-0.1, -0.05) is 48.0 Å². The van der Waals surface area contributed by atoms with Crippen molar-refractivity contribution in [3.05, 3.63) is 65.7 Å². The molecule has 1 aliphatic rings. The molecule has 1 aliphatic heterocycles. The summed E-state index contributed by atoms with van der Waals surface area (Å²) in [6.07, 6.45) is 0.354. The van der Waals surface area contributed by atoms with E-state index < -0.39 is 0 Å². The predicted octanol–water partition coefficient (Wildman–Crippen LogP) is 3.35. The van der Waals surface area contributed by atoms with E-state index in [0.717, 1.165) is 11.1 Å². The van der Waals surface area contributed by atoms with Crippen LogP contribution in [0.4, 0.5) is 10.5 Å². The molecular weight excluding hydrogens is 276 g/mol. The van der Waals surface area contributed by atoms with Gasteiger partial charge in [-0.25, -0.2) is 9.69 Å². The Labute approximate surface area is 130 Å². The minimum absolute atomic E-state index is 0.141. The van der Waals surface area contributed by atoms with E-state index in [-0.39, 0.29) is 11.9 Å². The average Bonchev–Trinajstić information content (AvgIpc) is 2.53. The van der Waals surface area contributed by atoms with Crippen LogP contribution in [0, 0.1) is 6.92 Å². The third kappa shape index (κ3) is 2.86. The summed E-state index contributed by atoms with van der Waals surface area (Å²) in [7, 11) is 0. The summed E-state index contributed by atoms with van der Waals surface area (Å²) in [5.41, 5.74) is 2.80. The lowest BCUT2D eigenvalue weighted by molar-refractivity contribution is -0.119. The highest BCUT2D eigenvalue weighted by Crippen LogP contribution is 2.22. The second-order valence-corrected chi connectivity index (χ2v) is 5.50. The third-order valence-corrected chi connectivity index (χ3v) is 3.82. The summed E-state index contributed by atoms with van der Waals surface area (Å²) in [5, 5.41) is 0. The van der Waals surface area contributed by atoms with Crippen LogP contribution in [0.15, 0.2) is 54.6 Å². The van der Waals surface area contributed by atoms with Crippen molar-refractivity contribution in [3.8, 4) is 0 Å². The Balaban J connectivity index is 1.82. The van der Waals surface area contributed by atoms with Crippen LogP contribution in [-0.4, -0.2) is 23.4 Å². The first-order valence-corrected chi connectivity index (χ1v) is 7.37. The fourth-order valence-electron chi connectivity index (χ4n) is 2.58. The van der Waals surface area contributed by atoms with Crippen LogP contribution < -0.4 is 4.90 Å². The van der Waals surface area contributed by atoms with Gasteiger partial charge in [-0.05, 0) is 24.6 Å². The van der Waals surface area contributed by atoms with Crippen molar-refractivity contribution in [2.24, 2.45) is 0 Å². The molecule has 0 atom stereocenters. The number of benzene rings is 2. The fraction of sp³-hybridized carbons (Fsp3) is 0.222. The smallest absolute Gasteiger partial charge is 0.319 e. The molecule has 0 spiro atoms. The van der Waals surface area contributed by atoms with E-state index in [1.165, 1.54) is 4.90 Å². The molecule has 0 radical (unpaired) electrons. The number of amides is 3. The molecule has 2 aromatic rings. The van der Waals surface area contributed by atoms with Crippen molar-refractivity contribution < 1.29 is 9.59 Å². The molecule has 0 saturated carbocycles. The summed E-state index contributed by atoms with van der Waals surface area (Å²) in [6.45, 7) is 2.97. The zero-order valence-electron chi connectivity index (χ0n) is 12.5. The van der Waals surface area contributed by atoms with Gasteiger partial charge in [-0.15, -0.1) is 0 Å². The minimum atomic E-state index is -0.246. The molecule has 1 fully saturated rings. The van der Waals surface area contributed by atoms with Gasteiger partial charge in [0.1, 0.15) is 0 Å². The number of anilines is 1.